The molecule has 0 spiro atoms. The van der Waals surface area contributed by atoms with Gasteiger partial charge in [0.25, 0.3) is 0 Å². The van der Waals surface area contributed by atoms with Crippen LogP contribution in [-0.2, 0) is 16.1 Å². The lowest BCUT2D eigenvalue weighted by atomic mass is 10.1. The van der Waals surface area contributed by atoms with Gasteiger partial charge in [0.05, 0.1) is 0 Å². The van der Waals surface area contributed by atoms with Crippen LogP contribution in [-0.4, -0.2) is 29.3 Å². The first-order valence-corrected chi connectivity index (χ1v) is 7.91. The number of rotatable bonds is 5. The van der Waals surface area contributed by atoms with E-state index in [0.717, 1.165) is 30.5 Å². The fraction of sp³-hybridized carbons (Fsp3) is 0.529. The Labute approximate surface area is 131 Å². The predicted octanol–water partition coefficient (Wildman–Crippen LogP) is 2.12. The van der Waals surface area contributed by atoms with E-state index < -0.39 is 0 Å². The summed E-state index contributed by atoms with van der Waals surface area (Å²) in [4.78, 5) is 25.7. The quantitative estimate of drug-likeness (QED) is 0.875. The molecule has 1 aromatic carbocycles. The molecule has 2 unspecified atom stereocenters. The molecule has 0 bridgehead atoms. The first-order chi connectivity index (χ1) is 10.5. The van der Waals surface area contributed by atoms with Crippen molar-refractivity contribution in [2.45, 2.75) is 45.7 Å². The zero-order valence-electron chi connectivity index (χ0n) is 13.3. The number of nitrogens with zero attached hydrogens (tertiary/aromatic N) is 1. The number of carbonyl (C=O) groups is 2. The Kier molecular flexibility index (Phi) is 5.55. The van der Waals surface area contributed by atoms with Crippen molar-refractivity contribution in [3.8, 4) is 0 Å². The highest BCUT2D eigenvalue weighted by Gasteiger charge is 2.28. The number of nitrogens with one attached hydrogen (secondary N) is 1. The maximum atomic E-state index is 12.4. The molecule has 2 rings (SSSR count). The van der Waals surface area contributed by atoms with Crippen molar-refractivity contribution in [3.05, 3.63) is 29.8 Å². The van der Waals surface area contributed by atoms with Crippen LogP contribution in [0.5, 0.6) is 0 Å². The molecule has 0 aliphatic heterocycles. The van der Waals surface area contributed by atoms with Gasteiger partial charge in [0.2, 0.25) is 11.8 Å². The normalized spacial score (nSPS) is 20.7. The minimum absolute atomic E-state index is 0.00172. The zero-order valence-corrected chi connectivity index (χ0v) is 13.3. The van der Waals surface area contributed by atoms with Gasteiger partial charge in [-0.05, 0) is 37.8 Å². The Bertz CT molecular complexity index is 544. The maximum Gasteiger partial charge on any atom is 0.227 e. The van der Waals surface area contributed by atoms with E-state index in [1.807, 2.05) is 31.2 Å². The lowest BCUT2D eigenvalue weighted by Gasteiger charge is -2.21. The molecule has 5 heteroatoms. The topological polar surface area (TPSA) is 75.4 Å². The first kappa shape index (κ1) is 16.5. The number of carbonyl (C=O) groups excluding carboxylic acids is 2. The van der Waals surface area contributed by atoms with E-state index in [1.54, 1.807) is 11.8 Å². The third-order valence-electron chi connectivity index (χ3n) is 4.31. The van der Waals surface area contributed by atoms with Gasteiger partial charge in [-0.3, -0.25) is 9.59 Å². The molecule has 5 nitrogen and oxygen atoms in total. The Hall–Kier alpha value is -1.88. The third kappa shape index (κ3) is 4.07. The van der Waals surface area contributed by atoms with Crippen molar-refractivity contribution in [2.75, 3.05) is 11.9 Å². The van der Waals surface area contributed by atoms with Crippen molar-refractivity contribution in [2.24, 2.45) is 11.7 Å². The minimum Gasteiger partial charge on any atom is -0.339 e. The van der Waals surface area contributed by atoms with Gasteiger partial charge < -0.3 is 16.0 Å². The van der Waals surface area contributed by atoms with E-state index in [2.05, 4.69) is 5.32 Å². The highest BCUT2D eigenvalue weighted by Crippen LogP contribution is 2.26. The summed E-state index contributed by atoms with van der Waals surface area (Å²) >= 11 is 0. The van der Waals surface area contributed by atoms with Crippen molar-refractivity contribution in [1.29, 1.82) is 0 Å². The molecule has 1 aliphatic carbocycles. The average Bonchev–Trinajstić information content (AvgIpc) is 2.92. The van der Waals surface area contributed by atoms with E-state index in [-0.39, 0.29) is 23.8 Å². The maximum absolute atomic E-state index is 12.4. The predicted molar refractivity (Wildman–Crippen MR) is 87.2 cm³/mol. The van der Waals surface area contributed by atoms with Crippen LogP contribution in [0.4, 0.5) is 5.69 Å². The Morgan fingerprint density at radius 2 is 2.05 bits per heavy atom. The molecule has 120 valence electrons. The molecule has 2 atom stereocenters. The van der Waals surface area contributed by atoms with Crippen molar-refractivity contribution >= 4 is 17.5 Å². The molecule has 0 radical (unpaired) electrons. The number of amides is 2. The van der Waals surface area contributed by atoms with Crippen molar-refractivity contribution in [3.63, 3.8) is 0 Å². The second kappa shape index (κ2) is 7.40. The largest absolute Gasteiger partial charge is 0.339 e. The molecular weight excluding hydrogens is 278 g/mol. The summed E-state index contributed by atoms with van der Waals surface area (Å²) in [6, 6.07) is 7.78. The SMILES string of the molecule is CCN(Cc1ccccc1NC(=O)C1CCC(N)C1)C(C)=O. The van der Waals surface area contributed by atoms with Crippen molar-refractivity contribution in [1.82, 2.24) is 4.90 Å². The highest BCUT2D eigenvalue weighted by molar-refractivity contribution is 5.93. The first-order valence-electron chi connectivity index (χ1n) is 7.91. The van der Waals surface area contributed by atoms with Crippen LogP contribution in [0.15, 0.2) is 24.3 Å². The number of hydrogen-bond acceptors (Lipinski definition) is 3. The standard InChI is InChI=1S/C17H25N3O2/c1-3-20(12(2)21)11-14-6-4-5-7-16(14)19-17(22)13-8-9-15(18)10-13/h4-7,13,15H,3,8-11,18H2,1-2H3,(H,19,22). The molecule has 3 N–H and O–H groups in total. The lowest BCUT2D eigenvalue weighted by molar-refractivity contribution is -0.129. The number of para-hydroxylation sites is 1. The third-order valence-corrected chi connectivity index (χ3v) is 4.31. The van der Waals surface area contributed by atoms with Gasteiger partial charge in [-0.25, -0.2) is 0 Å². The minimum atomic E-state index is -0.00172. The van der Waals surface area contributed by atoms with Gasteiger partial charge in [-0.15, -0.1) is 0 Å². The zero-order chi connectivity index (χ0) is 16.1. The second-order valence-corrected chi connectivity index (χ2v) is 5.95. The molecule has 1 aliphatic rings. The summed E-state index contributed by atoms with van der Waals surface area (Å²) < 4.78 is 0. The Morgan fingerprint density at radius 3 is 2.64 bits per heavy atom. The molecule has 1 aromatic rings. The highest BCUT2D eigenvalue weighted by atomic mass is 16.2. The number of hydrogen-bond donors (Lipinski definition) is 2. The number of anilines is 1. The number of benzene rings is 1. The molecule has 1 saturated carbocycles. The van der Waals surface area contributed by atoms with Gasteiger partial charge in [0.15, 0.2) is 0 Å². The molecule has 0 saturated heterocycles. The Morgan fingerprint density at radius 1 is 1.32 bits per heavy atom. The van der Waals surface area contributed by atoms with Crippen LogP contribution < -0.4 is 11.1 Å². The van der Waals surface area contributed by atoms with E-state index >= 15 is 0 Å². The Balaban J connectivity index is 2.08. The van der Waals surface area contributed by atoms with Crippen LogP contribution >= 0.6 is 0 Å². The average molecular weight is 303 g/mol. The van der Waals surface area contributed by atoms with Crippen LogP contribution in [0.1, 0.15) is 38.7 Å². The molecular formula is C17H25N3O2. The second-order valence-electron chi connectivity index (χ2n) is 5.95. The van der Waals surface area contributed by atoms with Gasteiger partial charge >= 0.3 is 0 Å². The fourth-order valence-electron chi connectivity index (χ4n) is 2.92. The number of nitrogens with two attached hydrogens (primary N) is 1. The van der Waals surface area contributed by atoms with E-state index in [1.165, 1.54) is 0 Å². The summed E-state index contributed by atoms with van der Waals surface area (Å²) in [5.41, 5.74) is 7.62. The molecule has 22 heavy (non-hydrogen) atoms. The van der Waals surface area contributed by atoms with Crippen LogP contribution in [0, 0.1) is 5.92 Å². The van der Waals surface area contributed by atoms with Gasteiger partial charge in [0.1, 0.15) is 0 Å². The van der Waals surface area contributed by atoms with Gasteiger partial charge in [-0.1, -0.05) is 18.2 Å². The van der Waals surface area contributed by atoms with E-state index in [0.29, 0.717) is 13.1 Å². The summed E-state index contributed by atoms with van der Waals surface area (Å²) in [6.07, 6.45) is 2.51. The molecule has 0 heterocycles. The van der Waals surface area contributed by atoms with Crippen molar-refractivity contribution < 1.29 is 9.59 Å². The summed E-state index contributed by atoms with van der Waals surface area (Å²) in [5, 5.41) is 3.01. The summed E-state index contributed by atoms with van der Waals surface area (Å²) in [7, 11) is 0. The smallest absolute Gasteiger partial charge is 0.227 e. The van der Waals surface area contributed by atoms with E-state index in [9.17, 15) is 9.59 Å². The summed E-state index contributed by atoms with van der Waals surface area (Å²) in [5.74, 6) is 0.0646. The molecule has 2 amide bonds. The van der Waals surface area contributed by atoms with Gasteiger partial charge in [0, 0.05) is 37.7 Å². The van der Waals surface area contributed by atoms with Crippen LogP contribution in [0.3, 0.4) is 0 Å². The van der Waals surface area contributed by atoms with Crippen LogP contribution in [0.2, 0.25) is 0 Å². The molecule has 1 fully saturated rings. The van der Waals surface area contributed by atoms with E-state index in [4.69, 9.17) is 5.73 Å². The van der Waals surface area contributed by atoms with Gasteiger partial charge in [-0.2, -0.15) is 0 Å². The fourth-order valence-corrected chi connectivity index (χ4v) is 2.92. The monoisotopic (exact) mass is 303 g/mol. The molecule has 0 aromatic heterocycles. The summed E-state index contributed by atoms with van der Waals surface area (Å²) in [6.45, 7) is 4.66. The van der Waals surface area contributed by atoms with Crippen LogP contribution in [0.25, 0.3) is 0 Å². The lowest BCUT2D eigenvalue weighted by Crippen LogP contribution is -2.29.